The lowest BCUT2D eigenvalue weighted by Crippen LogP contribution is -2.33. The quantitative estimate of drug-likeness (QED) is 0.699. The lowest BCUT2D eigenvalue weighted by Gasteiger charge is -2.21. The maximum Gasteiger partial charge on any atom is 0.338 e. The number of rotatable bonds is 7. The van der Waals surface area contributed by atoms with Gasteiger partial charge in [0.25, 0.3) is 5.91 Å². The van der Waals surface area contributed by atoms with E-state index >= 15 is 0 Å². The topological polar surface area (TPSA) is 92.8 Å². The summed E-state index contributed by atoms with van der Waals surface area (Å²) in [7, 11) is -3.51. The van der Waals surface area contributed by atoms with Gasteiger partial charge in [-0.15, -0.1) is 0 Å². The highest BCUT2D eigenvalue weighted by Gasteiger charge is 2.27. The van der Waals surface area contributed by atoms with E-state index in [4.69, 9.17) is 4.74 Å². The Bertz CT molecular complexity index is 779. The van der Waals surface area contributed by atoms with Crippen LogP contribution in [0.1, 0.15) is 55.3 Å². The van der Waals surface area contributed by atoms with Crippen LogP contribution in [-0.2, 0) is 19.6 Å². The summed E-state index contributed by atoms with van der Waals surface area (Å²) in [6, 6.07) is 5.66. The van der Waals surface area contributed by atoms with Gasteiger partial charge in [0.2, 0.25) is 10.0 Å². The van der Waals surface area contributed by atoms with Crippen LogP contribution in [0, 0.1) is 5.92 Å². The Balaban J connectivity index is 1.47. The first-order valence-corrected chi connectivity index (χ1v) is 11.4. The molecule has 1 aliphatic carbocycles. The summed E-state index contributed by atoms with van der Waals surface area (Å²) in [6.07, 6.45) is 7.68. The molecule has 0 spiro atoms. The van der Waals surface area contributed by atoms with Gasteiger partial charge in [-0.2, -0.15) is 4.31 Å². The molecule has 1 saturated carbocycles. The zero-order valence-corrected chi connectivity index (χ0v) is 16.9. The number of esters is 1. The highest BCUT2D eigenvalue weighted by Crippen LogP contribution is 2.23. The van der Waals surface area contributed by atoms with Gasteiger partial charge in [-0.25, -0.2) is 13.2 Å². The van der Waals surface area contributed by atoms with E-state index in [-0.39, 0.29) is 23.0 Å². The van der Waals surface area contributed by atoms with Crippen LogP contribution in [0.5, 0.6) is 0 Å². The first kappa shape index (κ1) is 20.8. The highest BCUT2D eigenvalue weighted by atomic mass is 32.2. The summed E-state index contributed by atoms with van der Waals surface area (Å²) in [6.45, 7) is 1.35. The standard InChI is InChI=1S/C20H28N2O5S/c23-19(21-14-16-6-2-1-3-7-16)15-27-20(24)17-8-10-18(11-9-17)28(25,26)22-12-4-5-13-22/h8-11,16H,1-7,12-15H2,(H,21,23). The van der Waals surface area contributed by atoms with E-state index in [0.29, 0.717) is 25.6 Å². The summed E-state index contributed by atoms with van der Waals surface area (Å²) in [5.74, 6) is -0.441. The van der Waals surface area contributed by atoms with Gasteiger partial charge in [-0.1, -0.05) is 19.3 Å². The number of carbonyl (C=O) groups is 2. The molecule has 0 unspecified atom stereocenters. The number of sulfonamides is 1. The van der Waals surface area contributed by atoms with Crippen LogP contribution >= 0.6 is 0 Å². The number of nitrogens with one attached hydrogen (secondary N) is 1. The van der Waals surface area contributed by atoms with Crippen LogP contribution < -0.4 is 5.32 Å². The van der Waals surface area contributed by atoms with Crippen LogP contribution in [0.4, 0.5) is 0 Å². The van der Waals surface area contributed by atoms with Gasteiger partial charge < -0.3 is 10.1 Å². The van der Waals surface area contributed by atoms with Crippen LogP contribution in [0.25, 0.3) is 0 Å². The SMILES string of the molecule is O=C(COC(=O)c1ccc(S(=O)(=O)N2CCCC2)cc1)NCC1CCCCC1. The van der Waals surface area contributed by atoms with Crippen molar-refractivity contribution in [3.8, 4) is 0 Å². The molecule has 2 fully saturated rings. The lowest BCUT2D eigenvalue weighted by molar-refractivity contribution is -0.124. The summed E-state index contributed by atoms with van der Waals surface area (Å²) in [4.78, 5) is 24.2. The molecule has 1 aromatic rings. The van der Waals surface area contributed by atoms with Gasteiger partial charge in [-0.05, 0) is 55.9 Å². The monoisotopic (exact) mass is 408 g/mol. The number of amides is 1. The van der Waals surface area contributed by atoms with E-state index in [1.807, 2.05) is 0 Å². The summed E-state index contributed by atoms with van der Waals surface area (Å²) in [5.41, 5.74) is 0.223. The molecule has 2 aliphatic rings. The minimum Gasteiger partial charge on any atom is -0.452 e. The molecular weight excluding hydrogens is 380 g/mol. The van der Waals surface area contributed by atoms with E-state index in [1.165, 1.54) is 47.8 Å². The Morgan fingerprint density at radius 2 is 1.64 bits per heavy atom. The number of benzene rings is 1. The fourth-order valence-corrected chi connectivity index (χ4v) is 5.27. The lowest BCUT2D eigenvalue weighted by atomic mass is 9.89. The van der Waals surface area contributed by atoms with Crippen molar-refractivity contribution >= 4 is 21.9 Å². The molecule has 0 aromatic heterocycles. The molecule has 7 nitrogen and oxygen atoms in total. The van der Waals surface area contributed by atoms with Crippen molar-refractivity contribution in [1.29, 1.82) is 0 Å². The third kappa shape index (κ3) is 5.32. The van der Waals surface area contributed by atoms with Gasteiger partial charge in [-0.3, -0.25) is 4.79 Å². The first-order chi connectivity index (χ1) is 13.5. The molecular formula is C20H28N2O5S. The van der Waals surface area contributed by atoms with Crippen molar-refractivity contribution < 1.29 is 22.7 Å². The molecule has 1 aromatic carbocycles. The Morgan fingerprint density at radius 1 is 1.00 bits per heavy atom. The summed E-state index contributed by atoms with van der Waals surface area (Å²) < 4.78 is 31.5. The van der Waals surface area contributed by atoms with Crippen LogP contribution in [0.15, 0.2) is 29.2 Å². The van der Waals surface area contributed by atoms with Crippen molar-refractivity contribution in [2.75, 3.05) is 26.2 Å². The van der Waals surface area contributed by atoms with Gasteiger partial charge >= 0.3 is 5.97 Å². The van der Waals surface area contributed by atoms with Crippen molar-refractivity contribution in [3.05, 3.63) is 29.8 Å². The molecule has 3 rings (SSSR count). The molecule has 1 amide bonds. The molecule has 1 aliphatic heterocycles. The van der Waals surface area contributed by atoms with Crippen molar-refractivity contribution in [1.82, 2.24) is 9.62 Å². The fraction of sp³-hybridized carbons (Fsp3) is 0.600. The Labute approximate surface area is 166 Å². The third-order valence-corrected chi connectivity index (χ3v) is 7.35. The second-order valence-corrected chi connectivity index (χ2v) is 9.46. The Kier molecular flexibility index (Phi) is 7.07. The van der Waals surface area contributed by atoms with Gasteiger partial charge in [0.1, 0.15) is 0 Å². The Hall–Kier alpha value is -1.93. The average molecular weight is 409 g/mol. The van der Waals surface area contributed by atoms with Crippen molar-refractivity contribution in [2.24, 2.45) is 5.92 Å². The second kappa shape index (κ2) is 9.52. The van der Waals surface area contributed by atoms with Crippen molar-refractivity contribution in [3.63, 3.8) is 0 Å². The molecule has 0 bridgehead atoms. The van der Waals surface area contributed by atoms with Crippen LogP contribution in [0.2, 0.25) is 0 Å². The van der Waals surface area contributed by atoms with Gasteiger partial charge in [0, 0.05) is 19.6 Å². The first-order valence-electron chi connectivity index (χ1n) is 10.0. The number of ether oxygens (including phenoxy) is 1. The van der Waals surface area contributed by atoms with Gasteiger partial charge in [0.05, 0.1) is 10.5 Å². The molecule has 154 valence electrons. The predicted molar refractivity (Wildman–Crippen MR) is 104 cm³/mol. The number of carbonyl (C=O) groups excluding carboxylic acids is 2. The van der Waals surface area contributed by atoms with E-state index in [9.17, 15) is 18.0 Å². The second-order valence-electron chi connectivity index (χ2n) is 7.52. The minimum atomic E-state index is -3.51. The van der Waals surface area contributed by atoms with E-state index in [2.05, 4.69) is 5.32 Å². The van der Waals surface area contributed by atoms with E-state index in [0.717, 1.165) is 25.7 Å². The van der Waals surface area contributed by atoms with Crippen LogP contribution in [-0.4, -0.2) is 50.8 Å². The highest BCUT2D eigenvalue weighted by molar-refractivity contribution is 7.89. The molecule has 1 saturated heterocycles. The van der Waals surface area contributed by atoms with E-state index < -0.39 is 16.0 Å². The molecule has 0 atom stereocenters. The largest absolute Gasteiger partial charge is 0.452 e. The number of hydrogen-bond acceptors (Lipinski definition) is 5. The fourth-order valence-electron chi connectivity index (χ4n) is 3.76. The maximum atomic E-state index is 12.5. The minimum absolute atomic E-state index is 0.163. The molecule has 28 heavy (non-hydrogen) atoms. The molecule has 1 N–H and O–H groups in total. The zero-order valence-electron chi connectivity index (χ0n) is 16.1. The third-order valence-electron chi connectivity index (χ3n) is 5.44. The normalized spacial score (nSPS) is 18.7. The smallest absolute Gasteiger partial charge is 0.338 e. The average Bonchev–Trinajstić information content (AvgIpc) is 3.27. The maximum absolute atomic E-state index is 12.5. The number of hydrogen-bond donors (Lipinski definition) is 1. The molecule has 8 heteroatoms. The zero-order chi connectivity index (χ0) is 20.0. The number of nitrogens with zero attached hydrogens (tertiary/aromatic N) is 1. The predicted octanol–water partition coefficient (Wildman–Crippen LogP) is 2.32. The Morgan fingerprint density at radius 3 is 2.29 bits per heavy atom. The summed E-state index contributed by atoms with van der Waals surface area (Å²) in [5, 5.41) is 2.82. The summed E-state index contributed by atoms with van der Waals surface area (Å²) >= 11 is 0. The van der Waals surface area contributed by atoms with E-state index in [1.54, 1.807) is 0 Å². The van der Waals surface area contributed by atoms with Crippen LogP contribution in [0.3, 0.4) is 0 Å². The van der Waals surface area contributed by atoms with Gasteiger partial charge in [0.15, 0.2) is 6.61 Å². The van der Waals surface area contributed by atoms with Crippen molar-refractivity contribution in [2.45, 2.75) is 49.8 Å². The molecule has 1 heterocycles. The molecule has 0 radical (unpaired) electrons.